The lowest BCUT2D eigenvalue weighted by Gasteiger charge is -2.26. The summed E-state index contributed by atoms with van der Waals surface area (Å²) in [4.78, 5) is 29.1. The molecular formula is C20H19ClN2O2. The fourth-order valence-corrected chi connectivity index (χ4v) is 3.97. The Morgan fingerprint density at radius 3 is 2.56 bits per heavy atom. The number of amides is 2. The van der Waals surface area contributed by atoms with Crippen LogP contribution in [0, 0.1) is 5.92 Å². The van der Waals surface area contributed by atoms with Crippen LogP contribution in [-0.4, -0.2) is 24.4 Å². The lowest BCUT2D eigenvalue weighted by molar-refractivity contribution is -0.124. The Labute approximate surface area is 152 Å². The first-order chi connectivity index (χ1) is 12.0. The number of para-hydroxylation sites is 1. The fraction of sp³-hybridized carbons (Fsp3) is 0.300. The summed E-state index contributed by atoms with van der Waals surface area (Å²) >= 11 is 5.92. The number of hydrogen-bond donors (Lipinski definition) is 0. The van der Waals surface area contributed by atoms with Crippen molar-refractivity contribution in [1.82, 2.24) is 0 Å². The van der Waals surface area contributed by atoms with Crippen molar-refractivity contribution in [3.63, 3.8) is 0 Å². The van der Waals surface area contributed by atoms with Gasteiger partial charge in [0, 0.05) is 35.4 Å². The van der Waals surface area contributed by atoms with Gasteiger partial charge >= 0.3 is 0 Å². The number of benzene rings is 2. The van der Waals surface area contributed by atoms with Crippen molar-refractivity contribution >= 4 is 34.8 Å². The highest BCUT2D eigenvalue weighted by Gasteiger charge is 2.40. The van der Waals surface area contributed by atoms with Crippen molar-refractivity contribution in [2.45, 2.75) is 25.8 Å². The number of hydrogen-bond acceptors (Lipinski definition) is 2. The second-order valence-electron chi connectivity index (χ2n) is 6.77. The quantitative estimate of drug-likeness (QED) is 0.825. The monoisotopic (exact) mass is 354 g/mol. The number of nitrogens with zero attached hydrogens (tertiary/aromatic N) is 2. The highest BCUT2D eigenvalue weighted by Crippen LogP contribution is 2.35. The van der Waals surface area contributed by atoms with E-state index < -0.39 is 0 Å². The molecular weight excluding hydrogens is 336 g/mol. The van der Waals surface area contributed by atoms with Gasteiger partial charge in [-0.25, -0.2) is 0 Å². The molecule has 5 heteroatoms. The number of rotatable bonds is 2. The first kappa shape index (κ1) is 16.2. The van der Waals surface area contributed by atoms with Crippen molar-refractivity contribution in [2.24, 2.45) is 5.92 Å². The molecule has 2 aromatic rings. The summed E-state index contributed by atoms with van der Waals surface area (Å²) in [5, 5.41) is 0.630. The van der Waals surface area contributed by atoms with Gasteiger partial charge in [0.2, 0.25) is 11.8 Å². The van der Waals surface area contributed by atoms with Gasteiger partial charge in [0.15, 0.2) is 0 Å². The highest BCUT2D eigenvalue weighted by molar-refractivity contribution is 6.30. The molecule has 2 amide bonds. The summed E-state index contributed by atoms with van der Waals surface area (Å²) in [6.07, 6.45) is 1.12. The third kappa shape index (κ3) is 2.81. The Hall–Kier alpha value is -2.33. The van der Waals surface area contributed by atoms with Crippen LogP contribution in [0.3, 0.4) is 0 Å². The minimum Gasteiger partial charge on any atom is -0.312 e. The van der Waals surface area contributed by atoms with Crippen LogP contribution >= 0.6 is 11.6 Å². The van der Waals surface area contributed by atoms with Crippen LogP contribution in [0.25, 0.3) is 0 Å². The normalized spacial score (nSPS) is 22.4. The summed E-state index contributed by atoms with van der Waals surface area (Å²) < 4.78 is 0. The van der Waals surface area contributed by atoms with E-state index in [-0.39, 0.29) is 30.2 Å². The maximum atomic E-state index is 13.1. The summed E-state index contributed by atoms with van der Waals surface area (Å²) in [5.74, 6) is -0.278. The molecule has 1 fully saturated rings. The van der Waals surface area contributed by atoms with Gasteiger partial charge in [-0.05, 0) is 49.2 Å². The summed E-state index contributed by atoms with van der Waals surface area (Å²) in [5.41, 5.74) is 2.97. The lowest BCUT2D eigenvalue weighted by atomic mass is 10.1. The maximum Gasteiger partial charge on any atom is 0.232 e. The Bertz CT molecular complexity index is 834. The van der Waals surface area contributed by atoms with Gasteiger partial charge in [-0.3, -0.25) is 9.59 Å². The van der Waals surface area contributed by atoms with Gasteiger partial charge in [0.25, 0.3) is 0 Å². The van der Waals surface area contributed by atoms with Crippen LogP contribution < -0.4 is 9.80 Å². The Balaban J connectivity index is 1.56. The van der Waals surface area contributed by atoms with E-state index in [2.05, 4.69) is 13.0 Å². The first-order valence-corrected chi connectivity index (χ1v) is 8.89. The Morgan fingerprint density at radius 2 is 1.80 bits per heavy atom. The molecule has 128 valence electrons. The molecule has 2 atom stereocenters. The largest absolute Gasteiger partial charge is 0.312 e. The molecule has 0 N–H and O–H groups in total. The standard InChI is InChI=1S/C20H19ClN2O2/c1-13-10-14-4-2-3-5-18(14)23(13)20(25)15-11-19(24)22(12-15)17-8-6-16(21)7-9-17/h2-9,13,15H,10-12H2,1H3/t13-,15+/m0/s1. The van der Waals surface area contributed by atoms with Crippen LogP contribution in [0.4, 0.5) is 11.4 Å². The zero-order chi connectivity index (χ0) is 17.6. The van der Waals surface area contributed by atoms with Crippen LogP contribution in [-0.2, 0) is 16.0 Å². The van der Waals surface area contributed by atoms with Gasteiger partial charge in [-0.2, -0.15) is 0 Å². The third-order valence-corrected chi connectivity index (χ3v) is 5.31. The Morgan fingerprint density at radius 1 is 1.08 bits per heavy atom. The summed E-state index contributed by atoms with van der Waals surface area (Å²) in [6, 6.07) is 15.3. The molecule has 25 heavy (non-hydrogen) atoms. The summed E-state index contributed by atoms with van der Waals surface area (Å²) in [7, 11) is 0. The van der Waals surface area contributed by atoms with Crippen molar-refractivity contribution < 1.29 is 9.59 Å². The van der Waals surface area contributed by atoms with Gasteiger partial charge in [0.1, 0.15) is 0 Å². The second-order valence-corrected chi connectivity index (χ2v) is 7.21. The van der Waals surface area contributed by atoms with Crippen molar-refractivity contribution in [3.8, 4) is 0 Å². The van der Waals surface area contributed by atoms with Crippen LogP contribution in [0.1, 0.15) is 18.9 Å². The number of carbonyl (C=O) groups excluding carboxylic acids is 2. The van der Waals surface area contributed by atoms with E-state index in [0.29, 0.717) is 11.6 Å². The average Bonchev–Trinajstić information content (AvgIpc) is 3.14. The highest BCUT2D eigenvalue weighted by atomic mass is 35.5. The van der Waals surface area contributed by atoms with Crippen molar-refractivity contribution in [2.75, 3.05) is 16.3 Å². The predicted molar refractivity (Wildman–Crippen MR) is 99.0 cm³/mol. The minimum absolute atomic E-state index is 0.0131. The molecule has 0 spiro atoms. The van der Waals surface area contributed by atoms with E-state index in [0.717, 1.165) is 17.8 Å². The number of fused-ring (bicyclic) bond motifs is 1. The summed E-state index contributed by atoms with van der Waals surface area (Å²) in [6.45, 7) is 2.48. The number of carbonyl (C=O) groups is 2. The van der Waals surface area contributed by atoms with Gasteiger partial charge in [-0.15, -0.1) is 0 Å². The van der Waals surface area contributed by atoms with E-state index in [1.807, 2.05) is 35.2 Å². The smallest absolute Gasteiger partial charge is 0.232 e. The van der Waals surface area contributed by atoms with Crippen LogP contribution in [0.2, 0.25) is 5.02 Å². The molecule has 2 heterocycles. The molecule has 0 radical (unpaired) electrons. The zero-order valence-electron chi connectivity index (χ0n) is 14.0. The van der Waals surface area contributed by atoms with Crippen LogP contribution in [0.15, 0.2) is 48.5 Å². The molecule has 1 saturated heterocycles. The number of halogens is 1. The molecule has 0 aromatic heterocycles. The van der Waals surface area contributed by atoms with Gasteiger partial charge < -0.3 is 9.80 Å². The molecule has 0 bridgehead atoms. The molecule has 0 saturated carbocycles. The van der Waals surface area contributed by atoms with Crippen molar-refractivity contribution in [3.05, 3.63) is 59.1 Å². The second kappa shape index (κ2) is 6.19. The third-order valence-electron chi connectivity index (χ3n) is 5.06. The molecule has 0 unspecified atom stereocenters. The molecule has 2 aliphatic heterocycles. The molecule has 0 aliphatic carbocycles. The van der Waals surface area contributed by atoms with Crippen LogP contribution in [0.5, 0.6) is 0 Å². The van der Waals surface area contributed by atoms with Gasteiger partial charge in [-0.1, -0.05) is 29.8 Å². The maximum absolute atomic E-state index is 13.1. The lowest BCUT2D eigenvalue weighted by Crippen LogP contribution is -2.41. The molecule has 4 rings (SSSR count). The average molecular weight is 355 g/mol. The Kier molecular flexibility index (Phi) is 4.00. The van der Waals surface area contributed by atoms with Gasteiger partial charge in [0.05, 0.1) is 5.92 Å². The molecule has 4 nitrogen and oxygen atoms in total. The van der Waals surface area contributed by atoms with E-state index in [1.54, 1.807) is 17.0 Å². The molecule has 2 aliphatic rings. The zero-order valence-corrected chi connectivity index (χ0v) is 14.7. The van der Waals surface area contributed by atoms with E-state index in [9.17, 15) is 9.59 Å². The minimum atomic E-state index is -0.309. The first-order valence-electron chi connectivity index (χ1n) is 8.51. The van der Waals surface area contributed by atoms with E-state index in [1.165, 1.54) is 5.56 Å². The van der Waals surface area contributed by atoms with Crippen molar-refractivity contribution in [1.29, 1.82) is 0 Å². The SMILES string of the molecule is C[C@H]1Cc2ccccc2N1C(=O)[C@@H]1CC(=O)N(c2ccc(Cl)cc2)C1. The topological polar surface area (TPSA) is 40.6 Å². The van der Waals surface area contributed by atoms with E-state index in [4.69, 9.17) is 11.6 Å². The molecule has 2 aromatic carbocycles. The van der Waals surface area contributed by atoms with E-state index >= 15 is 0 Å². The fourth-order valence-electron chi connectivity index (χ4n) is 3.84. The number of anilines is 2. The predicted octanol–water partition coefficient (Wildman–Crippen LogP) is 3.67.